The Morgan fingerprint density at radius 3 is 1.88 bits per heavy atom. The second-order valence-electron chi connectivity index (χ2n) is 1.24. The van der Waals surface area contributed by atoms with Crippen molar-refractivity contribution in [3.05, 3.63) is 0 Å². The van der Waals surface area contributed by atoms with Gasteiger partial charge in [-0.3, -0.25) is 4.79 Å². The average Bonchev–Trinajstić information content (AvgIpc) is 1.65. The molecule has 0 saturated heterocycles. The van der Waals surface area contributed by atoms with Crippen LogP contribution in [0.25, 0.3) is 0 Å². The Balaban J connectivity index is 0. The first kappa shape index (κ1) is 11.6. The summed E-state index contributed by atoms with van der Waals surface area (Å²) in [4.78, 5) is 10.1. The summed E-state index contributed by atoms with van der Waals surface area (Å²) in [7, 11) is 0. The second-order valence-corrected chi connectivity index (χ2v) is 1.24. The summed E-state index contributed by atoms with van der Waals surface area (Å²) in [5.74, 6) is -0.206. The van der Waals surface area contributed by atoms with E-state index < -0.39 is 0 Å². The Hall–Kier alpha value is 0.776. The molecule has 42 valence electrons. The van der Waals surface area contributed by atoms with Crippen LogP contribution < -0.4 is 0 Å². The van der Waals surface area contributed by atoms with Crippen molar-refractivity contribution in [3.63, 3.8) is 0 Å². The van der Waals surface area contributed by atoms with E-state index in [-0.39, 0.29) is 62.9 Å². The van der Waals surface area contributed by atoms with Crippen molar-refractivity contribution in [2.24, 2.45) is 5.16 Å². The molecule has 4 heteroatoms. The van der Waals surface area contributed by atoms with Crippen molar-refractivity contribution in [2.75, 3.05) is 0 Å². The normalized spacial score (nSPS) is 10.0. The van der Waals surface area contributed by atoms with Gasteiger partial charge in [-0.25, -0.2) is 0 Å². The standard InChI is InChI=1S/C4H7NO2.K.H/c1-3(5-7)4(2)6;;/h7H,1-2H3;;. The van der Waals surface area contributed by atoms with Crippen LogP contribution in [0.4, 0.5) is 0 Å². The van der Waals surface area contributed by atoms with E-state index in [1.54, 1.807) is 0 Å². The average molecular weight is 141 g/mol. The third-order valence-corrected chi connectivity index (χ3v) is 0.660. The summed E-state index contributed by atoms with van der Waals surface area (Å²) in [5.41, 5.74) is 0.139. The summed E-state index contributed by atoms with van der Waals surface area (Å²) in [5, 5.41) is 10.5. The minimum atomic E-state index is -0.206. The molecule has 0 heterocycles. The van der Waals surface area contributed by atoms with E-state index in [1.807, 2.05) is 0 Å². The molecule has 0 unspecified atom stereocenters. The van der Waals surface area contributed by atoms with Gasteiger partial charge in [0.1, 0.15) is 5.71 Å². The van der Waals surface area contributed by atoms with E-state index in [0.717, 1.165) is 0 Å². The third kappa shape index (κ3) is 4.92. The van der Waals surface area contributed by atoms with E-state index in [4.69, 9.17) is 5.21 Å². The molecule has 0 bridgehead atoms. The molecule has 0 aromatic heterocycles. The van der Waals surface area contributed by atoms with Gasteiger partial charge in [0.15, 0.2) is 5.78 Å². The van der Waals surface area contributed by atoms with Gasteiger partial charge in [0.05, 0.1) is 0 Å². The molecule has 0 saturated carbocycles. The zero-order chi connectivity index (χ0) is 5.86. The van der Waals surface area contributed by atoms with E-state index in [0.29, 0.717) is 0 Å². The molecule has 8 heavy (non-hydrogen) atoms. The van der Waals surface area contributed by atoms with Crippen molar-refractivity contribution in [3.8, 4) is 0 Å². The van der Waals surface area contributed by atoms with Crippen LogP contribution in [0.15, 0.2) is 5.16 Å². The third-order valence-electron chi connectivity index (χ3n) is 0.660. The van der Waals surface area contributed by atoms with Crippen LogP contribution in [0.1, 0.15) is 13.8 Å². The molecule has 0 radical (unpaired) electrons. The van der Waals surface area contributed by atoms with Crippen LogP contribution in [0, 0.1) is 0 Å². The van der Waals surface area contributed by atoms with Crippen molar-refractivity contribution < 1.29 is 10.0 Å². The molecular weight excluding hydrogens is 133 g/mol. The van der Waals surface area contributed by atoms with Crippen LogP contribution in [-0.4, -0.2) is 68.1 Å². The minimum absolute atomic E-state index is 0. The molecule has 0 atom stereocenters. The van der Waals surface area contributed by atoms with Gasteiger partial charge >= 0.3 is 51.4 Å². The first-order valence-corrected chi connectivity index (χ1v) is 1.88. The second kappa shape index (κ2) is 5.90. The number of hydrogen-bond acceptors (Lipinski definition) is 3. The topological polar surface area (TPSA) is 49.7 Å². The molecule has 0 aromatic carbocycles. The van der Waals surface area contributed by atoms with Crippen LogP contribution >= 0.6 is 0 Å². The van der Waals surface area contributed by atoms with Gasteiger partial charge in [0, 0.05) is 6.92 Å². The zero-order valence-corrected chi connectivity index (χ0v) is 4.30. The van der Waals surface area contributed by atoms with Gasteiger partial charge in [-0.2, -0.15) is 0 Å². The molecule has 3 nitrogen and oxygen atoms in total. The molecular formula is C4H8KNO2. The monoisotopic (exact) mass is 141 g/mol. The molecule has 0 amide bonds. The summed E-state index contributed by atoms with van der Waals surface area (Å²) in [6, 6.07) is 0. The van der Waals surface area contributed by atoms with Crippen molar-refractivity contribution in [1.82, 2.24) is 0 Å². The predicted octanol–water partition coefficient (Wildman–Crippen LogP) is -0.223. The molecule has 0 aromatic rings. The van der Waals surface area contributed by atoms with E-state index >= 15 is 0 Å². The van der Waals surface area contributed by atoms with Crippen LogP contribution in [-0.2, 0) is 4.79 Å². The van der Waals surface area contributed by atoms with Gasteiger partial charge in [-0.05, 0) is 6.92 Å². The molecule has 0 aliphatic carbocycles. The fourth-order valence-corrected chi connectivity index (χ4v) is 0.0704. The number of ketones is 1. The molecule has 0 spiro atoms. The number of oxime groups is 1. The first-order chi connectivity index (χ1) is 3.18. The fraction of sp³-hybridized carbons (Fsp3) is 0.500. The number of Topliss-reactive ketones (excluding diaryl/α,β-unsaturated/α-hetero) is 1. The molecule has 0 aliphatic rings. The maximum absolute atomic E-state index is 10.1. The number of hydrogen-bond donors (Lipinski definition) is 1. The van der Waals surface area contributed by atoms with Crippen molar-refractivity contribution >= 4 is 62.9 Å². The SMILES string of the molecule is CC(=O)C(C)=NO.[KH]. The summed E-state index contributed by atoms with van der Waals surface area (Å²) in [6.45, 7) is 2.79. The van der Waals surface area contributed by atoms with Gasteiger partial charge < -0.3 is 5.21 Å². The Bertz CT molecular complexity index is 111. The Morgan fingerprint density at radius 1 is 1.50 bits per heavy atom. The van der Waals surface area contributed by atoms with Gasteiger partial charge in [0.2, 0.25) is 0 Å². The first-order valence-electron chi connectivity index (χ1n) is 1.88. The zero-order valence-electron chi connectivity index (χ0n) is 4.30. The quantitative estimate of drug-likeness (QED) is 0.237. The van der Waals surface area contributed by atoms with Crippen LogP contribution in [0.3, 0.4) is 0 Å². The molecule has 0 fully saturated rings. The van der Waals surface area contributed by atoms with Crippen molar-refractivity contribution in [1.29, 1.82) is 0 Å². The molecule has 0 rings (SSSR count). The van der Waals surface area contributed by atoms with Crippen LogP contribution in [0.2, 0.25) is 0 Å². The van der Waals surface area contributed by atoms with Crippen LogP contribution in [0.5, 0.6) is 0 Å². The predicted molar refractivity (Wildman–Crippen MR) is 32.7 cm³/mol. The Kier molecular flexibility index (Phi) is 8.53. The number of carbonyl (C=O) groups excluding carboxylic acids is 1. The molecule has 1 N–H and O–H groups in total. The fourth-order valence-electron chi connectivity index (χ4n) is 0.0704. The van der Waals surface area contributed by atoms with E-state index in [9.17, 15) is 4.79 Å². The number of rotatable bonds is 1. The van der Waals surface area contributed by atoms with E-state index in [2.05, 4.69) is 5.16 Å². The van der Waals surface area contributed by atoms with E-state index in [1.165, 1.54) is 13.8 Å². The Morgan fingerprint density at radius 2 is 1.88 bits per heavy atom. The van der Waals surface area contributed by atoms with Gasteiger partial charge in [0.25, 0.3) is 0 Å². The van der Waals surface area contributed by atoms with Gasteiger partial charge in [-0.1, -0.05) is 5.16 Å². The summed E-state index contributed by atoms with van der Waals surface area (Å²) < 4.78 is 0. The van der Waals surface area contributed by atoms with Crippen molar-refractivity contribution in [2.45, 2.75) is 13.8 Å². The summed E-state index contributed by atoms with van der Waals surface area (Å²) >= 11 is 0. The number of nitrogens with zero attached hydrogens (tertiary/aromatic N) is 1. The van der Waals surface area contributed by atoms with Gasteiger partial charge in [-0.15, -0.1) is 0 Å². The number of carbonyl (C=O) groups is 1. The summed E-state index contributed by atoms with van der Waals surface area (Å²) in [6.07, 6.45) is 0. The Labute approximate surface area is 90.6 Å². The maximum atomic E-state index is 10.1. The molecule has 0 aliphatic heterocycles.